The summed E-state index contributed by atoms with van der Waals surface area (Å²) in [6.07, 6.45) is 5.64. The lowest BCUT2D eigenvalue weighted by Crippen LogP contribution is -2.41. The first-order chi connectivity index (χ1) is 15.0. The van der Waals surface area contributed by atoms with E-state index >= 15 is 0 Å². The number of rotatable bonds is 9. The van der Waals surface area contributed by atoms with Crippen molar-refractivity contribution in [2.75, 3.05) is 12.0 Å². The van der Waals surface area contributed by atoms with Gasteiger partial charge in [0.2, 0.25) is 0 Å². The quantitative estimate of drug-likeness (QED) is 0.473. The van der Waals surface area contributed by atoms with Crippen LogP contribution in [0.1, 0.15) is 33.9 Å². The van der Waals surface area contributed by atoms with Crippen molar-refractivity contribution in [3.05, 3.63) is 89.7 Å². The number of carboxylic acid groups (broad SMARTS) is 1. The van der Waals surface area contributed by atoms with E-state index in [1.807, 2.05) is 60.9 Å². The van der Waals surface area contributed by atoms with Crippen LogP contribution in [-0.4, -0.2) is 40.0 Å². The maximum Gasteiger partial charge on any atom is 0.326 e. The first-order valence-corrected chi connectivity index (χ1v) is 11.3. The van der Waals surface area contributed by atoms with Crippen LogP contribution >= 0.6 is 11.8 Å². The van der Waals surface area contributed by atoms with E-state index in [4.69, 9.17) is 5.73 Å². The summed E-state index contributed by atoms with van der Waals surface area (Å²) < 4.78 is 0. The van der Waals surface area contributed by atoms with E-state index < -0.39 is 17.9 Å². The molecule has 31 heavy (non-hydrogen) atoms. The van der Waals surface area contributed by atoms with Gasteiger partial charge >= 0.3 is 5.97 Å². The van der Waals surface area contributed by atoms with E-state index in [2.05, 4.69) is 10.3 Å². The van der Waals surface area contributed by atoms with Gasteiger partial charge in [-0.1, -0.05) is 36.4 Å². The Morgan fingerprint density at radius 3 is 2.42 bits per heavy atom. The standard InChI is InChI=1S/C24H25N3O3S/c1-31-14-11-21(24(29)30)27-23(28)19-8-7-18(22(25)17-9-12-26-13-10-17)15-20(19)16-5-3-2-4-6-16/h2-10,12-13,15,21-22H,11,14,25H2,1H3,(H,27,28)(H,29,30). The lowest BCUT2D eigenvalue weighted by Gasteiger charge is -2.18. The summed E-state index contributed by atoms with van der Waals surface area (Å²) in [7, 11) is 0. The van der Waals surface area contributed by atoms with Gasteiger partial charge < -0.3 is 16.2 Å². The molecule has 0 aliphatic carbocycles. The maximum absolute atomic E-state index is 13.0. The molecule has 2 unspecified atom stereocenters. The lowest BCUT2D eigenvalue weighted by molar-refractivity contribution is -0.139. The highest BCUT2D eigenvalue weighted by Crippen LogP contribution is 2.29. The third-order valence-electron chi connectivity index (χ3n) is 5.01. The van der Waals surface area contributed by atoms with E-state index in [0.717, 1.165) is 16.7 Å². The predicted molar refractivity (Wildman–Crippen MR) is 124 cm³/mol. The summed E-state index contributed by atoms with van der Waals surface area (Å²) in [6, 6.07) is 17.3. The van der Waals surface area contributed by atoms with Crippen LogP contribution in [0, 0.1) is 0 Å². The Morgan fingerprint density at radius 2 is 1.77 bits per heavy atom. The minimum Gasteiger partial charge on any atom is -0.480 e. The molecule has 0 aliphatic heterocycles. The van der Waals surface area contributed by atoms with Gasteiger partial charge in [0, 0.05) is 18.0 Å². The van der Waals surface area contributed by atoms with Gasteiger partial charge in [-0.15, -0.1) is 0 Å². The average Bonchev–Trinajstić information content (AvgIpc) is 2.81. The summed E-state index contributed by atoms with van der Waals surface area (Å²) in [5.41, 5.74) is 10.2. The Balaban J connectivity index is 1.98. The van der Waals surface area contributed by atoms with Crippen LogP contribution < -0.4 is 11.1 Å². The van der Waals surface area contributed by atoms with Gasteiger partial charge in [0.25, 0.3) is 5.91 Å². The van der Waals surface area contributed by atoms with Crippen molar-refractivity contribution in [1.29, 1.82) is 0 Å². The van der Waals surface area contributed by atoms with E-state index in [0.29, 0.717) is 23.3 Å². The number of pyridine rings is 1. The minimum atomic E-state index is -1.04. The minimum absolute atomic E-state index is 0.355. The molecule has 1 amide bonds. The van der Waals surface area contributed by atoms with Crippen LogP contribution in [0.2, 0.25) is 0 Å². The zero-order valence-electron chi connectivity index (χ0n) is 17.2. The molecule has 0 fully saturated rings. The van der Waals surface area contributed by atoms with Gasteiger partial charge in [-0.25, -0.2) is 4.79 Å². The third kappa shape index (κ3) is 5.71. The highest BCUT2D eigenvalue weighted by molar-refractivity contribution is 7.98. The molecule has 7 heteroatoms. The number of nitrogens with zero attached hydrogens (tertiary/aromatic N) is 1. The lowest BCUT2D eigenvalue weighted by atomic mass is 9.92. The molecule has 4 N–H and O–H groups in total. The van der Waals surface area contributed by atoms with Gasteiger partial charge in [0.1, 0.15) is 6.04 Å². The molecular formula is C24H25N3O3S. The number of aliphatic carboxylic acids is 1. The molecule has 160 valence electrons. The molecule has 0 aliphatic rings. The van der Waals surface area contributed by atoms with Gasteiger partial charge in [-0.2, -0.15) is 11.8 Å². The second-order valence-corrected chi connectivity index (χ2v) is 8.06. The maximum atomic E-state index is 13.0. The molecule has 0 saturated heterocycles. The normalized spacial score (nSPS) is 12.7. The monoisotopic (exact) mass is 435 g/mol. The molecule has 3 aromatic rings. The van der Waals surface area contributed by atoms with Gasteiger partial charge in [-0.05, 0) is 64.9 Å². The van der Waals surface area contributed by atoms with Crippen LogP contribution in [0.25, 0.3) is 11.1 Å². The molecule has 3 rings (SSSR count). The van der Waals surface area contributed by atoms with Gasteiger partial charge in [-0.3, -0.25) is 9.78 Å². The molecule has 1 heterocycles. The second kappa shape index (κ2) is 10.7. The molecular weight excluding hydrogens is 410 g/mol. The number of carbonyl (C=O) groups excluding carboxylic acids is 1. The van der Waals surface area contributed by atoms with E-state index in [-0.39, 0.29) is 6.04 Å². The molecule has 1 aromatic heterocycles. The average molecular weight is 436 g/mol. The van der Waals surface area contributed by atoms with Crippen molar-refractivity contribution in [3.8, 4) is 11.1 Å². The van der Waals surface area contributed by atoms with Crippen LogP contribution in [-0.2, 0) is 4.79 Å². The Hall–Kier alpha value is -3.16. The largest absolute Gasteiger partial charge is 0.480 e. The Kier molecular flexibility index (Phi) is 7.81. The smallest absolute Gasteiger partial charge is 0.326 e. The first kappa shape index (κ1) is 22.5. The molecule has 0 saturated carbocycles. The molecule has 0 bridgehead atoms. The highest BCUT2D eigenvalue weighted by atomic mass is 32.2. The van der Waals surface area contributed by atoms with Crippen LogP contribution in [0.5, 0.6) is 0 Å². The van der Waals surface area contributed by atoms with Crippen molar-refractivity contribution in [2.45, 2.75) is 18.5 Å². The Bertz CT molecular complexity index is 1030. The first-order valence-electron chi connectivity index (χ1n) is 9.88. The number of amides is 1. The Morgan fingerprint density at radius 1 is 1.06 bits per heavy atom. The van der Waals surface area contributed by atoms with Crippen molar-refractivity contribution in [1.82, 2.24) is 10.3 Å². The van der Waals surface area contributed by atoms with Crippen molar-refractivity contribution >= 4 is 23.6 Å². The fourth-order valence-electron chi connectivity index (χ4n) is 3.30. The zero-order valence-corrected chi connectivity index (χ0v) is 18.0. The van der Waals surface area contributed by atoms with Crippen molar-refractivity contribution < 1.29 is 14.7 Å². The molecule has 2 atom stereocenters. The van der Waals surface area contributed by atoms with Crippen LogP contribution in [0.3, 0.4) is 0 Å². The predicted octanol–water partition coefficient (Wildman–Crippen LogP) is 3.73. The van der Waals surface area contributed by atoms with Crippen LogP contribution in [0.15, 0.2) is 73.1 Å². The molecule has 6 nitrogen and oxygen atoms in total. The fraction of sp³-hybridized carbons (Fsp3) is 0.208. The van der Waals surface area contributed by atoms with Gasteiger partial charge in [0.15, 0.2) is 0 Å². The number of carbonyl (C=O) groups is 2. The summed E-state index contributed by atoms with van der Waals surface area (Å²) in [6.45, 7) is 0. The number of benzene rings is 2. The zero-order chi connectivity index (χ0) is 22.2. The van der Waals surface area contributed by atoms with Crippen LogP contribution in [0.4, 0.5) is 0 Å². The number of aromatic nitrogens is 1. The summed E-state index contributed by atoms with van der Waals surface area (Å²) in [5.74, 6) is -0.820. The summed E-state index contributed by atoms with van der Waals surface area (Å²) in [5, 5.41) is 12.1. The SMILES string of the molecule is CSCCC(NC(=O)c1ccc(C(N)c2ccncc2)cc1-c1ccccc1)C(=O)O. The van der Waals surface area contributed by atoms with E-state index in [9.17, 15) is 14.7 Å². The molecule has 2 aromatic carbocycles. The van der Waals surface area contributed by atoms with E-state index in [1.165, 1.54) is 0 Å². The number of carboxylic acids is 1. The van der Waals surface area contributed by atoms with Gasteiger partial charge in [0.05, 0.1) is 6.04 Å². The van der Waals surface area contributed by atoms with Crippen molar-refractivity contribution in [3.63, 3.8) is 0 Å². The number of hydrogen-bond acceptors (Lipinski definition) is 5. The Labute approximate surface area is 185 Å². The number of nitrogens with one attached hydrogen (secondary N) is 1. The fourth-order valence-corrected chi connectivity index (χ4v) is 3.77. The molecule has 0 radical (unpaired) electrons. The second-order valence-electron chi connectivity index (χ2n) is 7.08. The highest BCUT2D eigenvalue weighted by Gasteiger charge is 2.23. The number of nitrogens with two attached hydrogens (primary N) is 1. The van der Waals surface area contributed by atoms with E-state index in [1.54, 1.807) is 30.2 Å². The number of hydrogen-bond donors (Lipinski definition) is 3. The summed E-state index contributed by atoms with van der Waals surface area (Å²) >= 11 is 1.54. The third-order valence-corrected chi connectivity index (χ3v) is 5.66. The molecule has 0 spiro atoms. The number of thioether (sulfide) groups is 1. The topological polar surface area (TPSA) is 105 Å². The summed E-state index contributed by atoms with van der Waals surface area (Å²) in [4.78, 5) is 28.7. The van der Waals surface area contributed by atoms with Crippen molar-refractivity contribution in [2.24, 2.45) is 5.73 Å².